The van der Waals surface area contributed by atoms with E-state index in [1.54, 1.807) is 7.11 Å². The Labute approximate surface area is 161 Å². The Kier molecular flexibility index (Phi) is 6.35. The monoisotopic (exact) mass is 368 g/mol. The maximum atomic E-state index is 12.7. The SMILES string of the molecule is COc1ccc(OC(C)C(=O)N2CCN(Cc3cccc(C)c3)CC2)cc1. The fourth-order valence-corrected chi connectivity index (χ4v) is 3.36. The highest BCUT2D eigenvalue weighted by atomic mass is 16.5. The summed E-state index contributed by atoms with van der Waals surface area (Å²) in [5.41, 5.74) is 2.61. The van der Waals surface area contributed by atoms with Gasteiger partial charge in [0.15, 0.2) is 6.10 Å². The normalized spacial score (nSPS) is 16.0. The Hall–Kier alpha value is -2.53. The van der Waals surface area contributed by atoms with Crippen LogP contribution < -0.4 is 9.47 Å². The fourth-order valence-electron chi connectivity index (χ4n) is 3.36. The van der Waals surface area contributed by atoms with Gasteiger partial charge < -0.3 is 14.4 Å². The predicted molar refractivity (Wildman–Crippen MR) is 106 cm³/mol. The van der Waals surface area contributed by atoms with Crippen LogP contribution in [0, 0.1) is 6.92 Å². The number of ether oxygens (including phenoxy) is 2. The molecule has 1 fully saturated rings. The highest BCUT2D eigenvalue weighted by molar-refractivity contribution is 5.81. The molecule has 5 heteroatoms. The van der Waals surface area contributed by atoms with E-state index in [2.05, 4.69) is 36.1 Å². The molecule has 5 nitrogen and oxygen atoms in total. The molecule has 0 radical (unpaired) electrons. The fraction of sp³-hybridized carbons (Fsp3) is 0.409. The van der Waals surface area contributed by atoms with Crippen molar-refractivity contribution >= 4 is 5.91 Å². The molecule has 0 N–H and O–H groups in total. The second-order valence-corrected chi connectivity index (χ2v) is 7.03. The van der Waals surface area contributed by atoms with E-state index < -0.39 is 6.10 Å². The van der Waals surface area contributed by atoms with Crippen molar-refractivity contribution in [2.75, 3.05) is 33.3 Å². The summed E-state index contributed by atoms with van der Waals surface area (Å²) in [6.45, 7) is 8.10. The van der Waals surface area contributed by atoms with Crippen LogP contribution in [0.25, 0.3) is 0 Å². The van der Waals surface area contributed by atoms with Gasteiger partial charge in [0.2, 0.25) is 0 Å². The third kappa shape index (κ3) is 5.23. The molecule has 1 saturated heterocycles. The number of nitrogens with zero attached hydrogens (tertiary/aromatic N) is 2. The lowest BCUT2D eigenvalue weighted by atomic mass is 10.1. The molecule has 0 saturated carbocycles. The Bertz CT molecular complexity index is 752. The Morgan fingerprint density at radius 3 is 2.33 bits per heavy atom. The van der Waals surface area contributed by atoms with Crippen LogP contribution in [-0.4, -0.2) is 55.1 Å². The lowest BCUT2D eigenvalue weighted by Gasteiger charge is -2.36. The van der Waals surface area contributed by atoms with Crippen LogP contribution in [0.5, 0.6) is 11.5 Å². The lowest BCUT2D eigenvalue weighted by Crippen LogP contribution is -2.51. The molecule has 3 rings (SSSR count). The first-order valence-electron chi connectivity index (χ1n) is 9.42. The zero-order valence-electron chi connectivity index (χ0n) is 16.4. The number of methoxy groups -OCH3 is 1. The molecule has 0 spiro atoms. The van der Waals surface area contributed by atoms with E-state index in [9.17, 15) is 4.79 Å². The van der Waals surface area contributed by atoms with Crippen LogP contribution in [0.2, 0.25) is 0 Å². The summed E-state index contributed by atoms with van der Waals surface area (Å²) in [5, 5.41) is 0. The summed E-state index contributed by atoms with van der Waals surface area (Å²) >= 11 is 0. The van der Waals surface area contributed by atoms with Gasteiger partial charge in [-0.15, -0.1) is 0 Å². The third-order valence-corrected chi connectivity index (χ3v) is 4.89. The summed E-state index contributed by atoms with van der Waals surface area (Å²) in [4.78, 5) is 17.0. The van der Waals surface area contributed by atoms with Crippen molar-refractivity contribution in [2.24, 2.45) is 0 Å². The minimum absolute atomic E-state index is 0.0426. The molecule has 1 atom stereocenters. The first kappa shape index (κ1) is 19.2. The van der Waals surface area contributed by atoms with Crippen molar-refractivity contribution in [2.45, 2.75) is 26.5 Å². The van der Waals surface area contributed by atoms with Crippen LogP contribution in [-0.2, 0) is 11.3 Å². The molecular formula is C22H28N2O3. The smallest absolute Gasteiger partial charge is 0.263 e. The van der Waals surface area contributed by atoms with Crippen molar-refractivity contribution in [1.82, 2.24) is 9.80 Å². The Morgan fingerprint density at radius 1 is 1.04 bits per heavy atom. The van der Waals surface area contributed by atoms with Gasteiger partial charge in [-0.05, 0) is 43.7 Å². The molecule has 2 aromatic carbocycles. The molecule has 1 aliphatic heterocycles. The van der Waals surface area contributed by atoms with Crippen molar-refractivity contribution in [3.8, 4) is 11.5 Å². The van der Waals surface area contributed by atoms with E-state index in [1.165, 1.54) is 11.1 Å². The first-order chi connectivity index (χ1) is 13.0. The van der Waals surface area contributed by atoms with Gasteiger partial charge in [-0.2, -0.15) is 0 Å². The lowest BCUT2D eigenvalue weighted by molar-refractivity contribution is -0.139. The van der Waals surface area contributed by atoms with Gasteiger partial charge in [0.1, 0.15) is 11.5 Å². The van der Waals surface area contributed by atoms with E-state index in [-0.39, 0.29) is 5.91 Å². The highest BCUT2D eigenvalue weighted by Crippen LogP contribution is 2.19. The van der Waals surface area contributed by atoms with Gasteiger partial charge in [-0.1, -0.05) is 29.8 Å². The van der Waals surface area contributed by atoms with Crippen molar-refractivity contribution in [1.29, 1.82) is 0 Å². The molecule has 27 heavy (non-hydrogen) atoms. The minimum Gasteiger partial charge on any atom is -0.497 e. The van der Waals surface area contributed by atoms with E-state index >= 15 is 0 Å². The molecule has 1 heterocycles. The van der Waals surface area contributed by atoms with Crippen molar-refractivity contribution in [3.05, 3.63) is 59.7 Å². The zero-order chi connectivity index (χ0) is 19.2. The van der Waals surface area contributed by atoms with Gasteiger partial charge >= 0.3 is 0 Å². The van der Waals surface area contributed by atoms with Crippen LogP contribution in [0.4, 0.5) is 0 Å². The number of carbonyl (C=O) groups is 1. The highest BCUT2D eigenvalue weighted by Gasteiger charge is 2.26. The first-order valence-corrected chi connectivity index (χ1v) is 9.42. The standard InChI is InChI=1S/C22H28N2O3/c1-17-5-4-6-19(15-17)16-23-11-13-24(14-12-23)22(25)18(2)27-21-9-7-20(26-3)8-10-21/h4-10,15,18H,11-14,16H2,1-3H3. The van der Waals surface area contributed by atoms with Gasteiger partial charge in [0, 0.05) is 32.7 Å². The largest absolute Gasteiger partial charge is 0.497 e. The summed E-state index contributed by atoms with van der Waals surface area (Å²) in [7, 11) is 1.63. The van der Waals surface area contributed by atoms with Gasteiger partial charge in [0.05, 0.1) is 7.11 Å². The van der Waals surface area contributed by atoms with Crippen LogP contribution in [0.1, 0.15) is 18.1 Å². The summed E-state index contributed by atoms with van der Waals surface area (Å²) in [5.74, 6) is 1.49. The number of rotatable bonds is 6. The third-order valence-electron chi connectivity index (χ3n) is 4.89. The van der Waals surface area contributed by atoms with Crippen molar-refractivity contribution < 1.29 is 14.3 Å². The number of benzene rings is 2. The number of carbonyl (C=O) groups excluding carboxylic acids is 1. The molecule has 1 unspecified atom stereocenters. The van der Waals surface area contributed by atoms with Crippen LogP contribution >= 0.6 is 0 Å². The summed E-state index contributed by atoms with van der Waals surface area (Å²) in [6.07, 6.45) is -0.498. The van der Waals surface area contributed by atoms with Gasteiger partial charge in [-0.25, -0.2) is 0 Å². The second-order valence-electron chi connectivity index (χ2n) is 7.03. The number of piperazine rings is 1. The van der Waals surface area contributed by atoms with Crippen LogP contribution in [0.15, 0.2) is 48.5 Å². The van der Waals surface area contributed by atoms with E-state index in [1.807, 2.05) is 36.1 Å². The molecule has 0 aromatic heterocycles. The van der Waals surface area contributed by atoms with Crippen molar-refractivity contribution in [3.63, 3.8) is 0 Å². The molecule has 1 aliphatic rings. The average molecular weight is 368 g/mol. The van der Waals surface area contributed by atoms with Gasteiger partial charge in [0.25, 0.3) is 5.91 Å². The van der Waals surface area contributed by atoms with E-state index in [0.717, 1.165) is 38.5 Å². The summed E-state index contributed by atoms with van der Waals surface area (Å²) < 4.78 is 10.9. The number of amides is 1. The van der Waals surface area contributed by atoms with Gasteiger partial charge in [-0.3, -0.25) is 9.69 Å². The topological polar surface area (TPSA) is 42.0 Å². The number of aryl methyl sites for hydroxylation is 1. The van der Waals surface area contributed by atoms with E-state index in [4.69, 9.17) is 9.47 Å². The zero-order valence-corrected chi connectivity index (χ0v) is 16.4. The molecule has 2 aromatic rings. The quantitative estimate of drug-likeness (QED) is 0.786. The minimum atomic E-state index is -0.498. The molecule has 0 aliphatic carbocycles. The molecule has 0 bridgehead atoms. The molecule has 144 valence electrons. The predicted octanol–water partition coefficient (Wildman–Crippen LogP) is 3.12. The molecular weight excluding hydrogens is 340 g/mol. The van der Waals surface area contributed by atoms with E-state index in [0.29, 0.717) is 5.75 Å². The second kappa shape index (κ2) is 8.91. The number of hydrogen-bond acceptors (Lipinski definition) is 4. The average Bonchev–Trinajstić information content (AvgIpc) is 2.68. The number of hydrogen-bond donors (Lipinski definition) is 0. The molecule has 1 amide bonds. The maximum Gasteiger partial charge on any atom is 0.263 e. The Balaban J connectivity index is 1.48. The summed E-state index contributed by atoms with van der Waals surface area (Å²) in [6, 6.07) is 15.9. The Morgan fingerprint density at radius 2 is 1.70 bits per heavy atom. The maximum absolute atomic E-state index is 12.7. The van der Waals surface area contributed by atoms with Crippen LogP contribution in [0.3, 0.4) is 0 Å².